The van der Waals surface area contributed by atoms with Gasteiger partial charge in [0.25, 0.3) is 0 Å². The summed E-state index contributed by atoms with van der Waals surface area (Å²) < 4.78 is 0. The monoisotopic (exact) mass is 339 g/mol. The van der Waals surface area contributed by atoms with Crippen LogP contribution in [-0.2, 0) is 9.59 Å². The highest BCUT2D eigenvalue weighted by Gasteiger charge is 2.14. The van der Waals surface area contributed by atoms with Gasteiger partial charge in [0.15, 0.2) is 0 Å². The zero-order valence-corrected chi connectivity index (χ0v) is 15.2. The van der Waals surface area contributed by atoms with Gasteiger partial charge in [0.05, 0.1) is 13.1 Å². The molecule has 0 aliphatic rings. The van der Waals surface area contributed by atoms with Crippen LogP contribution in [0, 0.1) is 20.8 Å². The first kappa shape index (κ1) is 18.5. The van der Waals surface area contributed by atoms with Crippen molar-refractivity contribution in [3.8, 4) is 0 Å². The first-order valence-electron chi connectivity index (χ1n) is 8.27. The quantitative estimate of drug-likeness (QED) is 0.850. The zero-order chi connectivity index (χ0) is 18.4. The van der Waals surface area contributed by atoms with Crippen molar-refractivity contribution in [2.24, 2.45) is 0 Å². The van der Waals surface area contributed by atoms with Crippen LogP contribution in [0.5, 0.6) is 0 Å². The van der Waals surface area contributed by atoms with Crippen molar-refractivity contribution in [1.29, 1.82) is 0 Å². The van der Waals surface area contributed by atoms with Crippen molar-refractivity contribution in [2.45, 2.75) is 20.8 Å². The van der Waals surface area contributed by atoms with Gasteiger partial charge in [-0.2, -0.15) is 0 Å². The summed E-state index contributed by atoms with van der Waals surface area (Å²) in [7, 11) is 1.63. The predicted molar refractivity (Wildman–Crippen MR) is 102 cm³/mol. The number of aryl methyl sites for hydroxylation is 3. The van der Waals surface area contributed by atoms with E-state index in [-0.39, 0.29) is 24.9 Å². The van der Waals surface area contributed by atoms with E-state index in [4.69, 9.17) is 0 Å². The van der Waals surface area contributed by atoms with E-state index in [1.165, 1.54) is 4.90 Å². The van der Waals surface area contributed by atoms with Crippen LogP contribution in [-0.4, -0.2) is 36.9 Å². The number of carbonyl (C=O) groups is 2. The molecule has 132 valence electrons. The Morgan fingerprint density at radius 2 is 1.60 bits per heavy atom. The summed E-state index contributed by atoms with van der Waals surface area (Å²) in [5.74, 6) is -0.345. The molecule has 0 heterocycles. The van der Waals surface area contributed by atoms with E-state index in [1.807, 2.05) is 63.2 Å². The average Bonchev–Trinajstić information content (AvgIpc) is 2.56. The van der Waals surface area contributed by atoms with Crippen LogP contribution in [0.15, 0.2) is 42.5 Å². The Balaban J connectivity index is 1.88. The minimum atomic E-state index is -0.203. The molecule has 0 atom stereocenters. The summed E-state index contributed by atoms with van der Waals surface area (Å²) in [6.45, 7) is 6.12. The van der Waals surface area contributed by atoms with Crippen LogP contribution in [0.1, 0.15) is 16.7 Å². The van der Waals surface area contributed by atoms with Crippen LogP contribution in [0.2, 0.25) is 0 Å². The Hall–Kier alpha value is -2.82. The Labute approximate surface area is 149 Å². The zero-order valence-electron chi connectivity index (χ0n) is 15.2. The molecule has 2 N–H and O–H groups in total. The Bertz CT molecular complexity index is 734. The molecule has 5 nitrogen and oxygen atoms in total. The maximum absolute atomic E-state index is 12.3. The number of carbonyl (C=O) groups excluding carboxylic acids is 2. The second kappa shape index (κ2) is 8.33. The van der Waals surface area contributed by atoms with E-state index in [9.17, 15) is 9.59 Å². The third-order valence-corrected chi connectivity index (χ3v) is 3.97. The van der Waals surface area contributed by atoms with Gasteiger partial charge < -0.3 is 15.5 Å². The minimum Gasteiger partial charge on any atom is -0.376 e. The molecule has 25 heavy (non-hydrogen) atoms. The number of hydrogen-bond donors (Lipinski definition) is 2. The highest BCUT2D eigenvalue weighted by molar-refractivity contribution is 5.96. The number of hydrogen-bond acceptors (Lipinski definition) is 3. The molecule has 2 aromatic rings. The lowest BCUT2D eigenvalue weighted by Crippen LogP contribution is -2.38. The molecule has 0 aliphatic heterocycles. The van der Waals surface area contributed by atoms with Gasteiger partial charge in [0, 0.05) is 18.4 Å². The number of likely N-dealkylation sites (N-methyl/N-ethyl adjacent to an activating group) is 1. The van der Waals surface area contributed by atoms with Crippen molar-refractivity contribution in [1.82, 2.24) is 4.90 Å². The third-order valence-electron chi connectivity index (χ3n) is 3.97. The summed E-state index contributed by atoms with van der Waals surface area (Å²) >= 11 is 0. The smallest absolute Gasteiger partial charge is 0.243 e. The molecule has 0 bridgehead atoms. The van der Waals surface area contributed by atoms with Crippen LogP contribution in [0.4, 0.5) is 11.4 Å². The van der Waals surface area contributed by atoms with Crippen LogP contribution < -0.4 is 10.6 Å². The van der Waals surface area contributed by atoms with E-state index in [0.717, 1.165) is 28.1 Å². The first-order chi connectivity index (χ1) is 11.9. The highest BCUT2D eigenvalue weighted by atomic mass is 16.2. The van der Waals surface area contributed by atoms with Gasteiger partial charge in [-0.25, -0.2) is 0 Å². The lowest BCUT2D eigenvalue weighted by atomic mass is 10.1. The molecule has 5 heteroatoms. The van der Waals surface area contributed by atoms with E-state index in [1.54, 1.807) is 7.05 Å². The van der Waals surface area contributed by atoms with E-state index >= 15 is 0 Å². The minimum absolute atomic E-state index is 0.0159. The van der Waals surface area contributed by atoms with E-state index in [0.29, 0.717) is 0 Å². The molecule has 0 saturated heterocycles. The fourth-order valence-corrected chi connectivity index (χ4v) is 2.73. The van der Waals surface area contributed by atoms with Gasteiger partial charge in [-0.1, -0.05) is 35.9 Å². The number of nitrogens with one attached hydrogen (secondary N) is 2. The van der Waals surface area contributed by atoms with Crippen LogP contribution in [0.3, 0.4) is 0 Å². The largest absolute Gasteiger partial charge is 0.376 e. The van der Waals surface area contributed by atoms with Crippen molar-refractivity contribution in [2.75, 3.05) is 30.8 Å². The molecule has 0 unspecified atom stereocenters. The van der Waals surface area contributed by atoms with Crippen molar-refractivity contribution < 1.29 is 9.59 Å². The number of amides is 2. The maximum atomic E-state index is 12.3. The number of para-hydroxylation sites is 1. The average molecular weight is 339 g/mol. The predicted octanol–water partition coefficient (Wildman–Crippen LogP) is 3.12. The fourth-order valence-electron chi connectivity index (χ4n) is 2.73. The molecule has 0 radical (unpaired) electrons. The third kappa shape index (κ3) is 5.35. The van der Waals surface area contributed by atoms with Gasteiger partial charge in [0.2, 0.25) is 11.8 Å². The Morgan fingerprint density at radius 1 is 1.00 bits per heavy atom. The lowest BCUT2D eigenvalue weighted by Gasteiger charge is -2.19. The van der Waals surface area contributed by atoms with Gasteiger partial charge >= 0.3 is 0 Å². The molecule has 2 rings (SSSR count). The number of rotatable bonds is 6. The molecule has 0 aliphatic carbocycles. The van der Waals surface area contributed by atoms with Gasteiger partial charge in [-0.15, -0.1) is 0 Å². The summed E-state index contributed by atoms with van der Waals surface area (Å²) in [6.07, 6.45) is 0. The van der Waals surface area contributed by atoms with E-state index < -0.39 is 0 Å². The summed E-state index contributed by atoms with van der Waals surface area (Å²) in [5, 5.41) is 5.96. The summed E-state index contributed by atoms with van der Waals surface area (Å²) in [5.41, 5.74) is 4.89. The van der Waals surface area contributed by atoms with Gasteiger partial charge in [0.1, 0.15) is 0 Å². The second-order valence-electron chi connectivity index (χ2n) is 6.29. The number of anilines is 2. The van der Waals surface area contributed by atoms with Gasteiger partial charge in [-0.3, -0.25) is 9.59 Å². The molecular weight excluding hydrogens is 314 g/mol. The topological polar surface area (TPSA) is 61.4 Å². The lowest BCUT2D eigenvalue weighted by molar-refractivity contribution is -0.131. The fraction of sp³-hybridized carbons (Fsp3) is 0.300. The molecule has 0 spiro atoms. The highest BCUT2D eigenvalue weighted by Crippen LogP contribution is 2.21. The van der Waals surface area contributed by atoms with Crippen LogP contribution >= 0.6 is 0 Å². The van der Waals surface area contributed by atoms with Gasteiger partial charge in [-0.05, 0) is 44.0 Å². The molecule has 0 saturated carbocycles. The summed E-state index contributed by atoms with van der Waals surface area (Å²) in [6, 6.07) is 13.6. The normalized spacial score (nSPS) is 10.2. The molecular formula is C20H25N3O2. The first-order valence-corrected chi connectivity index (χ1v) is 8.27. The van der Waals surface area contributed by atoms with Crippen molar-refractivity contribution in [3.05, 3.63) is 59.2 Å². The SMILES string of the molecule is Cc1cc(C)c(NC(=O)CN(C)C(=O)CNc2ccccc2)c(C)c1. The number of benzene rings is 2. The van der Waals surface area contributed by atoms with Crippen molar-refractivity contribution >= 4 is 23.2 Å². The molecule has 0 fully saturated rings. The Kier molecular flexibility index (Phi) is 6.17. The summed E-state index contributed by atoms with van der Waals surface area (Å²) in [4.78, 5) is 25.9. The Morgan fingerprint density at radius 3 is 2.20 bits per heavy atom. The maximum Gasteiger partial charge on any atom is 0.243 e. The molecule has 2 amide bonds. The standard InChI is InChI=1S/C20H25N3O2/c1-14-10-15(2)20(16(3)11-14)22-18(24)13-23(4)19(25)12-21-17-8-6-5-7-9-17/h5-11,21H,12-13H2,1-4H3,(H,22,24). The molecule has 0 aromatic heterocycles. The van der Waals surface area contributed by atoms with Crippen molar-refractivity contribution in [3.63, 3.8) is 0 Å². The van der Waals surface area contributed by atoms with Crippen LogP contribution in [0.25, 0.3) is 0 Å². The second-order valence-corrected chi connectivity index (χ2v) is 6.29. The molecule has 2 aromatic carbocycles. The number of nitrogens with zero attached hydrogens (tertiary/aromatic N) is 1. The van der Waals surface area contributed by atoms with E-state index in [2.05, 4.69) is 10.6 Å².